The van der Waals surface area contributed by atoms with Crippen LogP contribution in [0.3, 0.4) is 0 Å². The molecule has 5 aliphatic rings. The van der Waals surface area contributed by atoms with E-state index in [4.69, 9.17) is 4.74 Å². The molecular formula is C31H50O4. The SMILES string of the molecule is CO[C@@H]1C(O)=C2[C@@H]3[C@@H](C)[C@H](C)CC[C@]3(C)CC[C@@]2(C)[C@]2(C)CCC3[C@](C)(CCC(=O)[C@@]3(C)CO)C12. The number of Topliss-reactive ketones (excluding diaryl/α,β-unsaturated/α-hetero) is 1. The van der Waals surface area contributed by atoms with Gasteiger partial charge in [0.15, 0.2) is 0 Å². The van der Waals surface area contributed by atoms with Crippen LogP contribution in [0.5, 0.6) is 0 Å². The molecule has 4 fully saturated rings. The number of allylic oxidation sites excluding steroid dienone is 1. The van der Waals surface area contributed by atoms with Crippen molar-refractivity contribution in [2.75, 3.05) is 13.7 Å². The molecule has 5 aliphatic carbocycles. The third-order valence-corrected chi connectivity index (χ3v) is 13.6. The Kier molecular flexibility index (Phi) is 5.76. The highest BCUT2D eigenvalue weighted by atomic mass is 16.5. The van der Waals surface area contributed by atoms with Crippen LogP contribution in [0, 0.1) is 56.7 Å². The van der Waals surface area contributed by atoms with Gasteiger partial charge in [-0.05, 0) is 95.9 Å². The zero-order chi connectivity index (χ0) is 25.8. The van der Waals surface area contributed by atoms with Gasteiger partial charge in [0.05, 0.1) is 12.0 Å². The number of rotatable bonds is 2. The van der Waals surface area contributed by atoms with Gasteiger partial charge in [0, 0.05) is 19.4 Å². The summed E-state index contributed by atoms with van der Waals surface area (Å²) in [5.41, 5.74) is 0.564. The van der Waals surface area contributed by atoms with Gasteiger partial charge in [0.2, 0.25) is 0 Å². The van der Waals surface area contributed by atoms with Crippen LogP contribution in [0.2, 0.25) is 0 Å². The van der Waals surface area contributed by atoms with Gasteiger partial charge in [0.1, 0.15) is 17.6 Å². The topological polar surface area (TPSA) is 66.8 Å². The van der Waals surface area contributed by atoms with Gasteiger partial charge in [-0.2, -0.15) is 0 Å². The number of hydrogen-bond donors (Lipinski definition) is 2. The largest absolute Gasteiger partial charge is 0.510 e. The molecule has 0 aliphatic heterocycles. The van der Waals surface area contributed by atoms with Crippen molar-refractivity contribution in [3.05, 3.63) is 11.3 Å². The molecule has 0 saturated heterocycles. The first-order valence-electron chi connectivity index (χ1n) is 14.4. The molecule has 5 rings (SSSR count). The number of ketones is 1. The molecule has 11 atom stereocenters. The molecule has 2 N–H and O–H groups in total. The predicted molar refractivity (Wildman–Crippen MR) is 139 cm³/mol. The van der Waals surface area contributed by atoms with Crippen molar-refractivity contribution in [2.45, 2.75) is 106 Å². The van der Waals surface area contributed by atoms with Crippen LogP contribution in [0.1, 0.15) is 99.8 Å². The molecule has 4 saturated carbocycles. The summed E-state index contributed by atoms with van der Waals surface area (Å²) in [5, 5.41) is 22.7. The number of methoxy groups -OCH3 is 1. The summed E-state index contributed by atoms with van der Waals surface area (Å²) in [7, 11) is 1.77. The predicted octanol–water partition coefficient (Wildman–Crippen LogP) is 6.72. The third kappa shape index (κ3) is 2.96. The van der Waals surface area contributed by atoms with Crippen LogP contribution < -0.4 is 0 Å². The molecule has 0 aromatic rings. The Balaban J connectivity index is 1.71. The minimum atomic E-state index is -0.703. The second-order valence-electron chi connectivity index (χ2n) is 14.8. The molecule has 35 heavy (non-hydrogen) atoms. The monoisotopic (exact) mass is 486 g/mol. The van der Waals surface area contributed by atoms with Gasteiger partial charge >= 0.3 is 0 Å². The van der Waals surface area contributed by atoms with E-state index in [1.165, 1.54) is 24.8 Å². The van der Waals surface area contributed by atoms with Crippen molar-refractivity contribution in [1.29, 1.82) is 0 Å². The van der Waals surface area contributed by atoms with Gasteiger partial charge < -0.3 is 14.9 Å². The summed E-state index contributed by atoms with van der Waals surface area (Å²) in [5.74, 6) is 2.54. The normalized spacial score (nSPS) is 56.1. The van der Waals surface area contributed by atoms with Crippen LogP contribution in [0.4, 0.5) is 0 Å². The van der Waals surface area contributed by atoms with E-state index in [0.717, 1.165) is 25.7 Å². The van der Waals surface area contributed by atoms with E-state index < -0.39 is 5.41 Å². The van der Waals surface area contributed by atoms with E-state index in [-0.39, 0.29) is 52.0 Å². The lowest BCUT2D eigenvalue weighted by Crippen LogP contribution is -2.69. The second kappa shape index (κ2) is 7.82. The third-order valence-electron chi connectivity index (χ3n) is 13.6. The molecule has 0 bridgehead atoms. The Morgan fingerprint density at radius 1 is 0.971 bits per heavy atom. The summed E-state index contributed by atoms with van der Waals surface area (Å²) >= 11 is 0. The fraction of sp³-hybridized carbons (Fsp3) is 0.903. The Morgan fingerprint density at radius 2 is 1.66 bits per heavy atom. The van der Waals surface area contributed by atoms with E-state index in [1.54, 1.807) is 7.11 Å². The highest BCUT2D eigenvalue weighted by molar-refractivity contribution is 5.86. The minimum Gasteiger partial charge on any atom is -0.510 e. The first kappa shape index (κ1) is 25.8. The molecule has 198 valence electrons. The molecule has 0 spiro atoms. The maximum atomic E-state index is 13.1. The number of carbonyl (C=O) groups is 1. The molecule has 0 heterocycles. The van der Waals surface area contributed by atoms with Crippen LogP contribution in [-0.4, -0.2) is 35.8 Å². The summed E-state index contributed by atoms with van der Waals surface area (Å²) in [6.07, 6.45) is 7.80. The zero-order valence-corrected chi connectivity index (χ0v) is 23.5. The maximum absolute atomic E-state index is 13.1. The van der Waals surface area contributed by atoms with Crippen LogP contribution in [0.25, 0.3) is 0 Å². The van der Waals surface area contributed by atoms with Gasteiger partial charge in [-0.3, -0.25) is 4.79 Å². The van der Waals surface area contributed by atoms with Crippen molar-refractivity contribution in [3.8, 4) is 0 Å². The first-order valence-corrected chi connectivity index (χ1v) is 14.4. The van der Waals surface area contributed by atoms with Crippen molar-refractivity contribution < 1.29 is 19.7 Å². The lowest BCUT2D eigenvalue weighted by Gasteiger charge is -2.72. The van der Waals surface area contributed by atoms with E-state index in [9.17, 15) is 15.0 Å². The van der Waals surface area contributed by atoms with Crippen molar-refractivity contribution in [1.82, 2.24) is 0 Å². The average Bonchev–Trinajstić information content (AvgIpc) is 2.81. The summed E-state index contributed by atoms with van der Waals surface area (Å²) in [4.78, 5) is 13.1. The van der Waals surface area contributed by atoms with Gasteiger partial charge in [-0.1, -0.05) is 48.5 Å². The standard InChI is InChI=1S/C31H50O4/c1-18-9-12-27(3)15-16-30(6)23(22(27)19(18)2)24(34)25(35-8)26-28(4)13-11-21(33)29(5,17-32)20(28)10-14-31(26,30)7/h18-20,22,25-26,32,34H,9-17H2,1-8H3/t18-,19+,20?,22+,25-,26?,27-,28+,29+,30-,31-/m1/s1. The lowest BCUT2D eigenvalue weighted by molar-refractivity contribution is -0.224. The number of fused-ring (bicyclic) bond motifs is 7. The molecule has 4 nitrogen and oxygen atoms in total. The summed E-state index contributed by atoms with van der Waals surface area (Å²) < 4.78 is 6.29. The maximum Gasteiger partial charge on any atom is 0.141 e. The minimum absolute atomic E-state index is 0.0288. The van der Waals surface area contributed by atoms with Crippen LogP contribution in [0.15, 0.2) is 11.3 Å². The fourth-order valence-corrected chi connectivity index (χ4v) is 11.0. The number of aliphatic hydroxyl groups is 2. The first-order chi connectivity index (χ1) is 16.2. The number of ether oxygens (including phenoxy) is 1. The van der Waals surface area contributed by atoms with Gasteiger partial charge in [-0.25, -0.2) is 0 Å². The molecule has 0 aromatic heterocycles. The molecule has 0 radical (unpaired) electrons. The molecular weight excluding hydrogens is 436 g/mol. The Bertz CT molecular complexity index is 940. The van der Waals surface area contributed by atoms with Crippen molar-refractivity contribution >= 4 is 5.78 Å². The quantitative estimate of drug-likeness (QED) is 0.455. The van der Waals surface area contributed by atoms with Crippen molar-refractivity contribution in [3.63, 3.8) is 0 Å². The van der Waals surface area contributed by atoms with E-state index >= 15 is 0 Å². The molecule has 4 heteroatoms. The van der Waals surface area contributed by atoms with Crippen molar-refractivity contribution in [2.24, 2.45) is 56.7 Å². The summed E-state index contributed by atoms with van der Waals surface area (Å²) in [6.45, 7) is 16.5. The average molecular weight is 487 g/mol. The highest BCUT2D eigenvalue weighted by Gasteiger charge is 2.72. The smallest absolute Gasteiger partial charge is 0.141 e. The number of hydrogen-bond acceptors (Lipinski definition) is 4. The lowest BCUT2D eigenvalue weighted by atomic mass is 9.32. The second-order valence-corrected chi connectivity index (χ2v) is 14.8. The van der Waals surface area contributed by atoms with Gasteiger partial charge in [0.25, 0.3) is 0 Å². The number of aliphatic hydroxyl groups excluding tert-OH is 2. The molecule has 2 unspecified atom stereocenters. The fourth-order valence-electron chi connectivity index (χ4n) is 11.0. The number of carbonyl (C=O) groups excluding carboxylic acids is 1. The van der Waals surface area contributed by atoms with E-state index in [0.29, 0.717) is 29.9 Å². The van der Waals surface area contributed by atoms with E-state index in [1.807, 2.05) is 6.92 Å². The van der Waals surface area contributed by atoms with Gasteiger partial charge in [-0.15, -0.1) is 0 Å². The Labute approximate surface area is 213 Å². The summed E-state index contributed by atoms with van der Waals surface area (Å²) in [6, 6.07) is 0. The zero-order valence-electron chi connectivity index (χ0n) is 23.5. The van der Waals surface area contributed by atoms with Crippen LogP contribution >= 0.6 is 0 Å². The Morgan fingerprint density at radius 3 is 2.29 bits per heavy atom. The molecule has 0 aromatic carbocycles. The van der Waals surface area contributed by atoms with E-state index in [2.05, 4.69) is 41.5 Å². The Hall–Kier alpha value is -0.870. The van der Waals surface area contributed by atoms with Crippen LogP contribution in [-0.2, 0) is 9.53 Å². The molecule has 0 amide bonds. The highest BCUT2D eigenvalue weighted by Crippen LogP contribution is 2.76.